The lowest BCUT2D eigenvalue weighted by atomic mass is 10.2. The smallest absolute Gasteiger partial charge is 0.243 e. The van der Waals surface area contributed by atoms with E-state index in [1.165, 1.54) is 0 Å². The second-order valence-electron chi connectivity index (χ2n) is 5.89. The summed E-state index contributed by atoms with van der Waals surface area (Å²) in [6, 6.07) is 14.9. The highest BCUT2D eigenvalue weighted by molar-refractivity contribution is 5.93. The van der Waals surface area contributed by atoms with Crippen LogP contribution < -0.4 is 20.1 Å². The molecule has 0 aliphatic rings. The van der Waals surface area contributed by atoms with Crippen LogP contribution in [-0.4, -0.2) is 25.2 Å². The van der Waals surface area contributed by atoms with Crippen LogP contribution in [0.3, 0.4) is 0 Å². The summed E-state index contributed by atoms with van der Waals surface area (Å²) in [6.07, 6.45) is 2.77. The first-order valence-electron chi connectivity index (χ1n) is 8.75. The second kappa shape index (κ2) is 10.1. The molecule has 1 amide bonds. The minimum absolute atomic E-state index is 0.140. The Hall–Kier alpha value is -2.95. The molecule has 2 aromatic rings. The summed E-state index contributed by atoms with van der Waals surface area (Å²) in [6.45, 7) is 8.30. The summed E-state index contributed by atoms with van der Waals surface area (Å²) in [5.74, 6) is 1.33. The van der Waals surface area contributed by atoms with E-state index in [0.29, 0.717) is 18.0 Å². The lowest BCUT2D eigenvalue weighted by Crippen LogP contribution is -2.21. The van der Waals surface area contributed by atoms with Crippen LogP contribution >= 0.6 is 0 Å². The maximum absolute atomic E-state index is 12.2. The highest BCUT2D eigenvalue weighted by Gasteiger charge is 2.05. The van der Waals surface area contributed by atoms with Crippen LogP contribution in [0.4, 0.5) is 11.4 Å². The molecule has 0 fully saturated rings. The van der Waals surface area contributed by atoms with Crippen molar-refractivity contribution >= 4 is 17.3 Å². The van der Waals surface area contributed by atoms with Gasteiger partial charge in [-0.1, -0.05) is 31.7 Å². The molecule has 2 aromatic carbocycles. The number of hydrogen-bond donors (Lipinski definition) is 2. The van der Waals surface area contributed by atoms with E-state index in [9.17, 15) is 4.79 Å². The summed E-state index contributed by atoms with van der Waals surface area (Å²) in [4.78, 5) is 12.2. The molecule has 5 nitrogen and oxygen atoms in total. The number of ether oxygens (including phenoxy) is 2. The van der Waals surface area contributed by atoms with Crippen LogP contribution in [0, 0.1) is 0 Å². The molecular weight excluding hydrogens is 328 g/mol. The fourth-order valence-electron chi connectivity index (χ4n) is 2.20. The Kier molecular flexibility index (Phi) is 7.55. The van der Waals surface area contributed by atoms with Gasteiger partial charge in [-0.25, -0.2) is 0 Å². The Bertz CT molecular complexity index is 731. The van der Waals surface area contributed by atoms with Crippen LogP contribution in [0.15, 0.2) is 61.2 Å². The molecule has 1 unspecified atom stereocenters. The fourth-order valence-corrected chi connectivity index (χ4v) is 2.20. The van der Waals surface area contributed by atoms with Gasteiger partial charge in [0.1, 0.15) is 18.1 Å². The largest absolute Gasteiger partial charge is 0.491 e. The van der Waals surface area contributed by atoms with Crippen molar-refractivity contribution in [3.63, 3.8) is 0 Å². The normalized spacial score (nSPS) is 11.3. The van der Waals surface area contributed by atoms with Gasteiger partial charge in [0, 0.05) is 23.5 Å². The van der Waals surface area contributed by atoms with Crippen molar-refractivity contribution in [3.8, 4) is 11.5 Å². The molecule has 1 atom stereocenters. The van der Waals surface area contributed by atoms with Crippen molar-refractivity contribution in [2.24, 2.45) is 0 Å². The number of hydrogen-bond acceptors (Lipinski definition) is 4. The molecule has 5 heteroatoms. The molecule has 0 spiro atoms. The third-order valence-corrected chi connectivity index (χ3v) is 3.68. The zero-order valence-corrected chi connectivity index (χ0v) is 15.3. The summed E-state index contributed by atoms with van der Waals surface area (Å²) in [5, 5.41) is 5.96. The van der Waals surface area contributed by atoms with Crippen LogP contribution in [-0.2, 0) is 4.79 Å². The van der Waals surface area contributed by atoms with Crippen LogP contribution in [0.5, 0.6) is 11.5 Å². The number of nitrogens with one attached hydrogen (secondary N) is 2. The summed E-state index contributed by atoms with van der Waals surface area (Å²) in [5.41, 5.74) is 1.52. The van der Waals surface area contributed by atoms with Gasteiger partial charge in [-0.2, -0.15) is 0 Å². The van der Waals surface area contributed by atoms with E-state index >= 15 is 0 Å². The fraction of sp³-hybridized carbons (Fsp3) is 0.286. The maximum Gasteiger partial charge on any atom is 0.243 e. The van der Waals surface area contributed by atoms with Gasteiger partial charge in [0.25, 0.3) is 0 Å². The van der Waals surface area contributed by atoms with E-state index < -0.39 is 0 Å². The van der Waals surface area contributed by atoms with Gasteiger partial charge < -0.3 is 20.1 Å². The Labute approximate surface area is 155 Å². The monoisotopic (exact) mass is 354 g/mol. The average Bonchev–Trinajstić information content (AvgIpc) is 2.65. The molecule has 2 rings (SSSR count). The van der Waals surface area contributed by atoms with Crippen molar-refractivity contribution in [2.75, 3.05) is 23.8 Å². The molecule has 2 N–H and O–H groups in total. The Morgan fingerprint density at radius 3 is 2.58 bits per heavy atom. The quantitative estimate of drug-likeness (QED) is 0.618. The lowest BCUT2D eigenvalue weighted by Gasteiger charge is -2.14. The molecule has 0 heterocycles. The topological polar surface area (TPSA) is 59.6 Å². The Balaban J connectivity index is 1.87. The molecule has 0 saturated carbocycles. The molecule has 0 aliphatic carbocycles. The molecule has 26 heavy (non-hydrogen) atoms. The van der Waals surface area contributed by atoms with Gasteiger partial charge in [0.2, 0.25) is 5.91 Å². The average molecular weight is 354 g/mol. The minimum atomic E-state index is -0.140. The van der Waals surface area contributed by atoms with E-state index in [4.69, 9.17) is 9.47 Å². The number of amides is 1. The van der Waals surface area contributed by atoms with Gasteiger partial charge in [0.15, 0.2) is 0 Å². The molecule has 0 saturated heterocycles. The van der Waals surface area contributed by atoms with Gasteiger partial charge in [-0.15, -0.1) is 0 Å². The van der Waals surface area contributed by atoms with Crippen molar-refractivity contribution in [1.82, 2.24) is 0 Å². The summed E-state index contributed by atoms with van der Waals surface area (Å²) in [7, 11) is 0. The minimum Gasteiger partial charge on any atom is -0.491 e. The zero-order chi connectivity index (χ0) is 18.8. The molecule has 0 aromatic heterocycles. The van der Waals surface area contributed by atoms with Gasteiger partial charge >= 0.3 is 0 Å². The lowest BCUT2D eigenvalue weighted by molar-refractivity contribution is -0.114. The first-order chi connectivity index (χ1) is 12.6. The number of carbonyl (C=O) groups excluding carboxylic acids is 1. The summed E-state index contributed by atoms with van der Waals surface area (Å²) >= 11 is 0. The van der Waals surface area contributed by atoms with Gasteiger partial charge in [-0.3, -0.25) is 4.79 Å². The first kappa shape index (κ1) is 19.4. The van der Waals surface area contributed by atoms with Crippen molar-refractivity contribution in [1.29, 1.82) is 0 Å². The van der Waals surface area contributed by atoms with Crippen LogP contribution in [0.25, 0.3) is 0 Å². The second-order valence-corrected chi connectivity index (χ2v) is 5.89. The van der Waals surface area contributed by atoms with Crippen molar-refractivity contribution in [2.45, 2.75) is 26.4 Å². The van der Waals surface area contributed by atoms with Crippen molar-refractivity contribution in [3.05, 3.63) is 61.2 Å². The highest BCUT2D eigenvalue weighted by Crippen LogP contribution is 2.20. The predicted octanol–water partition coefficient (Wildman–Crippen LogP) is 4.48. The molecule has 0 bridgehead atoms. The first-order valence-corrected chi connectivity index (χ1v) is 8.75. The number of rotatable bonds is 10. The number of benzene rings is 2. The van der Waals surface area contributed by atoms with E-state index in [1.54, 1.807) is 12.1 Å². The van der Waals surface area contributed by atoms with E-state index in [1.807, 2.05) is 49.4 Å². The molecular formula is C21H26N2O3. The van der Waals surface area contributed by atoms with E-state index in [-0.39, 0.29) is 18.6 Å². The molecule has 138 valence electrons. The highest BCUT2D eigenvalue weighted by atomic mass is 16.5. The maximum atomic E-state index is 12.2. The SMILES string of the molecule is C=CCOc1cccc(NC(=O)CNc2cccc(OC(C)CC)c2)c1. The standard InChI is InChI=1S/C21H26N2O3/c1-4-12-25-19-10-7-9-18(14-19)23-21(24)15-22-17-8-6-11-20(13-17)26-16(3)5-2/h4,6-11,13-14,16,22H,1,5,12,15H2,2-3H3,(H,23,24). The zero-order valence-electron chi connectivity index (χ0n) is 15.3. The predicted molar refractivity (Wildman–Crippen MR) is 106 cm³/mol. The summed E-state index contributed by atoms with van der Waals surface area (Å²) < 4.78 is 11.3. The number of carbonyl (C=O) groups is 1. The third kappa shape index (κ3) is 6.51. The number of anilines is 2. The van der Waals surface area contributed by atoms with Crippen molar-refractivity contribution < 1.29 is 14.3 Å². The Morgan fingerprint density at radius 1 is 1.15 bits per heavy atom. The molecule has 0 aliphatic heterocycles. The van der Waals surface area contributed by atoms with Gasteiger partial charge in [-0.05, 0) is 37.6 Å². The van der Waals surface area contributed by atoms with E-state index in [2.05, 4.69) is 24.1 Å². The van der Waals surface area contributed by atoms with Gasteiger partial charge in [0.05, 0.1) is 12.6 Å². The molecule has 0 radical (unpaired) electrons. The van der Waals surface area contributed by atoms with E-state index in [0.717, 1.165) is 17.9 Å². The Morgan fingerprint density at radius 2 is 1.85 bits per heavy atom. The third-order valence-electron chi connectivity index (χ3n) is 3.68. The van der Waals surface area contributed by atoms with Crippen LogP contribution in [0.2, 0.25) is 0 Å². The van der Waals surface area contributed by atoms with Crippen LogP contribution in [0.1, 0.15) is 20.3 Å².